The Kier molecular flexibility index (Phi) is 1.76. The highest BCUT2D eigenvalue weighted by Crippen LogP contribution is 2.36. The van der Waals surface area contributed by atoms with Gasteiger partial charge in [0.1, 0.15) is 0 Å². The van der Waals surface area contributed by atoms with Crippen molar-refractivity contribution < 1.29 is 5.11 Å². The maximum atomic E-state index is 8.98. The second kappa shape index (κ2) is 2.37. The van der Waals surface area contributed by atoms with Crippen molar-refractivity contribution in [2.45, 2.75) is 12.4 Å². The largest absolute Gasteiger partial charge is 0.384 e. The van der Waals surface area contributed by atoms with Crippen molar-refractivity contribution in [3.05, 3.63) is 23.0 Å². The SMILES string of the molecule is CC(O)[SH]1C=CC=C1. The van der Waals surface area contributed by atoms with Crippen LogP contribution in [0.2, 0.25) is 0 Å². The quantitative estimate of drug-likeness (QED) is 0.514. The zero-order valence-electron chi connectivity index (χ0n) is 4.78. The Morgan fingerprint density at radius 1 is 1.38 bits per heavy atom. The molecule has 0 radical (unpaired) electrons. The lowest BCUT2D eigenvalue weighted by molar-refractivity contribution is 0.283. The molecule has 0 aromatic heterocycles. The van der Waals surface area contributed by atoms with Gasteiger partial charge in [0, 0.05) is 0 Å². The molecule has 0 aromatic carbocycles. The Morgan fingerprint density at radius 2 is 1.88 bits per heavy atom. The third-order valence-electron chi connectivity index (χ3n) is 1.06. The minimum absolute atomic E-state index is 0.167. The molecule has 0 saturated heterocycles. The zero-order valence-corrected chi connectivity index (χ0v) is 5.68. The van der Waals surface area contributed by atoms with Crippen molar-refractivity contribution in [2.24, 2.45) is 0 Å². The topological polar surface area (TPSA) is 20.2 Å². The standard InChI is InChI=1S/C6H10OS/c1-6(7)8-4-2-3-5-8/h2-8H,1H3. The van der Waals surface area contributed by atoms with Crippen LogP contribution in [0.5, 0.6) is 0 Å². The molecule has 0 aliphatic carbocycles. The number of rotatable bonds is 1. The van der Waals surface area contributed by atoms with E-state index in [1.807, 2.05) is 19.1 Å². The molecule has 1 nitrogen and oxygen atoms in total. The van der Waals surface area contributed by atoms with E-state index in [0.29, 0.717) is 0 Å². The smallest absolute Gasteiger partial charge is 0.0854 e. The third kappa shape index (κ3) is 1.14. The Balaban J connectivity index is 2.49. The number of allylic oxidation sites excluding steroid dienone is 2. The number of aliphatic hydroxyl groups excluding tert-OH is 1. The Bertz CT molecular complexity index is 114. The molecule has 1 unspecified atom stereocenters. The number of aliphatic hydroxyl groups is 1. The van der Waals surface area contributed by atoms with Gasteiger partial charge in [0.15, 0.2) is 0 Å². The molecule has 8 heavy (non-hydrogen) atoms. The Hall–Kier alpha value is -0.210. The Morgan fingerprint density at radius 3 is 2.12 bits per heavy atom. The normalized spacial score (nSPS) is 24.5. The van der Waals surface area contributed by atoms with Crippen LogP contribution in [0.1, 0.15) is 6.92 Å². The molecule has 0 amide bonds. The zero-order chi connectivity index (χ0) is 5.98. The van der Waals surface area contributed by atoms with Crippen molar-refractivity contribution in [3.63, 3.8) is 0 Å². The fourth-order valence-electron chi connectivity index (χ4n) is 0.597. The molecule has 1 rings (SSSR count). The summed E-state index contributed by atoms with van der Waals surface area (Å²) < 4.78 is 0. The molecule has 1 atom stereocenters. The van der Waals surface area contributed by atoms with Crippen LogP contribution >= 0.6 is 10.9 Å². The average molecular weight is 130 g/mol. The lowest BCUT2D eigenvalue weighted by Gasteiger charge is -2.11. The van der Waals surface area contributed by atoms with Crippen LogP contribution in [-0.4, -0.2) is 10.5 Å². The van der Waals surface area contributed by atoms with Gasteiger partial charge in [0.2, 0.25) is 0 Å². The molecular weight excluding hydrogens is 120 g/mol. The minimum Gasteiger partial charge on any atom is -0.384 e. The van der Waals surface area contributed by atoms with E-state index in [-0.39, 0.29) is 16.3 Å². The van der Waals surface area contributed by atoms with E-state index >= 15 is 0 Å². The van der Waals surface area contributed by atoms with Gasteiger partial charge in [0.05, 0.1) is 5.44 Å². The van der Waals surface area contributed by atoms with Crippen molar-refractivity contribution in [3.8, 4) is 0 Å². The second-order valence-corrected chi connectivity index (χ2v) is 4.00. The number of hydrogen-bond donors (Lipinski definition) is 2. The van der Waals surface area contributed by atoms with E-state index in [4.69, 9.17) is 5.11 Å². The van der Waals surface area contributed by atoms with Gasteiger partial charge >= 0.3 is 0 Å². The summed E-state index contributed by atoms with van der Waals surface area (Å²) in [7, 11) is -0.310. The summed E-state index contributed by atoms with van der Waals surface area (Å²) in [6.45, 7) is 1.83. The molecule has 2 heteroatoms. The molecule has 0 spiro atoms. The molecule has 0 saturated carbocycles. The highest BCUT2D eigenvalue weighted by molar-refractivity contribution is 8.22. The van der Waals surface area contributed by atoms with Crippen LogP contribution in [-0.2, 0) is 0 Å². The summed E-state index contributed by atoms with van der Waals surface area (Å²) in [5.41, 5.74) is -0.167. The maximum Gasteiger partial charge on any atom is 0.0854 e. The van der Waals surface area contributed by atoms with Crippen molar-refractivity contribution in [1.29, 1.82) is 0 Å². The maximum absolute atomic E-state index is 8.98. The minimum atomic E-state index is -0.310. The van der Waals surface area contributed by atoms with E-state index in [1.54, 1.807) is 0 Å². The van der Waals surface area contributed by atoms with Gasteiger partial charge < -0.3 is 5.11 Å². The first-order valence-electron chi connectivity index (χ1n) is 2.61. The molecule has 0 fully saturated rings. The van der Waals surface area contributed by atoms with E-state index in [0.717, 1.165) is 0 Å². The monoisotopic (exact) mass is 130 g/mol. The molecule has 46 valence electrons. The molecule has 0 bridgehead atoms. The highest BCUT2D eigenvalue weighted by atomic mass is 32.2. The van der Waals surface area contributed by atoms with Crippen LogP contribution < -0.4 is 0 Å². The number of hydrogen-bond acceptors (Lipinski definition) is 1. The first-order chi connectivity index (χ1) is 3.80. The van der Waals surface area contributed by atoms with Gasteiger partial charge in [0.25, 0.3) is 0 Å². The van der Waals surface area contributed by atoms with Gasteiger partial charge in [-0.2, -0.15) is 10.9 Å². The van der Waals surface area contributed by atoms with Crippen LogP contribution in [0.3, 0.4) is 0 Å². The molecular formula is C6H10OS. The first-order valence-corrected chi connectivity index (χ1v) is 4.16. The fourth-order valence-corrected chi connectivity index (χ4v) is 1.79. The van der Waals surface area contributed by atoms with Gasteiger partial charge in [-0.3, -0.25) is 0 Å². The first kappa shape index (κ1) is 5.92. The number of thiol groups is 1. The fraction of sp³-hybridized carbons (Fsp3) is 0.333. The summed E-state index contributed by atoms with van der Waals surface area (Å²) in [5, 5.41) is 13.1. The van der Waals surface area contributed by atoms with Crippen molar-refractivity contribution in [2.75, 3.05) is 0 Å². The molecule has 1 N–H and O–H groups in total. The van der Waals surface area contributed by atoms with Gasteiger partial charge in [-0.15, -0.1) is 0 Å². The Labute approximate surface area is 52.1 Å². The lowest BCUT2D eigenvalue weighted by Crippen LogP contribution is -1.94. The van der Waals surface area contributed by atoms with Crippen LogP contribution in [0, 0.1) is 0 Å². The van der Waals surface area contributed by atoms with Gasteiger partial charge in [-0.1, -0.05) is 12.2 Å². The second-order valence-electron chi connectivity index (χ2n) is 1.76. The van der Waals surface area contributed by atoms with Gasteiger partial charge in [-0.25, -0.2) is 0 Å². The van der Waals surface area contributed by atoms with E-state index in [1.165, 1.54) is 0 Å². The van der Waals surface area contributed by atoms with E-state index in [9.17, 15) is 0 Å². The molecule has 1 heterocycles. The van der Waals surface area contributed by atoms with Gasteiger partial charge in [-0.05, 0) is 17.7 Å². The molecule has 0 aromatic rings. The van der Waals surface area contributed by atoms with Crippen LogP contribution in [0.15, 0.2) is 23.0 Å². The van der Waals surface area contributed by atoms with E-state index < -0.39 is 0 Å². The van der Waals surface area contributed by atoms with Crippen molar-refractivity contribution in [1.82, 2.24) is 0 Å². The summed E-state index contributed by atoms with van der Waals surface area (Å²) in [5.74, 6) is 0. The third-order valence-corrected chi connectivity index (χ3v) is 2.95. The highest BCUT2D eigenvalue weighted by Gasteiger charge is 2.03. The lowest BCUT2D eigenvalue weighted by atomic mass is 10.6. The molecule has 1 aliphatic rings. The van der Waals surface area contributed by atoms with Crippen LogP contribution in [0.25, 0.3) is 0 Å². The summed E-state index contributed by atoms with van der Waals surface area (Å²) in [4.78, 5) is 0. The average Bonchev–Trinajstić information content (AvgIpc) is 2.12. The predicted molar refractivity (Wildman–Crippen MR) is 38.9 cm³/mol. The predicted octanol–water partition coefficient (Wildman–Crippen LogP) is 1.37. The molecule has 1 aliphatic heterocycles. The summed E-state index contributed by atoms with van der Waals surface area (Å²) in [6, 6.07) is 0. The van der Waals surface area contributed by atoms with Crippen LogP contribution in [0.4, 0.5) is 0 Å². The van der Waals surface area contributed by atoms with E-state index in [2.05, 4.69) is 10.8 Å². The van der Waals surface area contributed by atoms with Crippen molar-refractivity contribution >= 4 is 10.9 Å². The summed E-state index contributed by atoms with van der Waals surface area (Å²) >= 11 is 0. The summed E-state index contributed by atoms with van der Waals surface area (Å²) in [6.07, 6.45) is 3.97.